The van der Waals surface area contributed by atoms with E-state index in [1.54, 1.807) is 17.4 Å². The molecule has 1 aromatic heterocycles. The molecule has 0 aliphatic carbocycles. The highest BCUT2D eigenvalue weighted by molar-refractivity contribution is 7.10. The molecule has 0 saturated heterocycles. The second-order valence-electron chi connectivity index (χ2n) is 3.31. The lowest BCUT2D eigenvalue weighted by Crippen LogP contribution is -1.90. The Morgan fingerprint density at radius 1 is 1.33 bits per heavy atom. The molecule has 2 aromatic rings. The van der Waals surface area contributed by atoms with Gasteiger partial charge in [0.05, 0.1) is 5.02 Å². The third kappa shape index (κ3) is 1.98. The summed E-state index contributed by atoms with van der Waals surface area (Å²) < 4.78 is 13.7. The van der Waals surface area contributed by atoms with Gasteiger partial charge in [-0.2, -0.15) is 0 Å². The summed E-state index contributed by atoms with van der Waals surface area (Å²) >= 11 is 7.29. The average Bonchev–Trinajstić information content (AvgIpc) is 2.58. The monoisotopic (exact) mass is 241 g/mol. The molecule has 2 rings (SSSR count). The van der Waals surface area contributed by atoms with E-state index >= 15 is 0 Å². The van der Waals surface area contributed by atoms with Crippen molar-refractivity contribution in [2.45, 2.75) is 6.92 Å². The highest BCUT2D eigenvalue weighted by Crippen LogP contribution is 2.32. The summed E-state index contributed by atoms with van der Waals surface area (Å²) in [6.45, 7) is 1.97. The van der Waals surface area contributed by atoms with Crippen LogP contribution in [0.4, 0.5) is 10.1 Å². The van der Waals surface area contributed by atoms with Gasteiger partial charge in [0.1, 0.15) is 5.82 Å². The fraction of sp³-hybridized carbons (Fsp3) is 0.0909. The summed E-state index contributed by atoms with van der Waals surface area (Å²) in [6, 6.07) is 4.93. The van der Waals surface area contributed by atoms with Crippen molar-refractivity contribution in [2.75, 3.05) is 5.73 Å². The highest BCUT2D eigenvalue weighted by atomic mass is 35.5. The van der Waals surface area contributed by atoms with Crippen LogP contribution in [0.1, 0.15) is 4.88 Å². The third-order valence-electron chi connectivity index (χ3n) is 2.09. The van der Waals surface area contributed by atoms with E-state index in [-0.39, 0.29) is 5.02 Å². The van der Waals surface area contributed by atoms with Crippen LogP contribution in [-0.2, 0) is 0 Å². The predicted octanol–water partition coefficient (Wildman–Crippen LogP) is 4.10. The number of benzene rings is 1. The van der Waals surface area contributed by atoms with Gasteiger partial charge in [0.25, 0.3) is 0 Å². The first kappa shape index (κ1) is 10.5. The molecule has 0 amide bonds. The van der Waals surface area contributed by atoms with E-state index in [1.807, 2.05) is 18.4 Å². The Morgan fingerprint density at radius 2 is 2.07 bits per heavy atom. The molecular formula is C11H9ClFNS. The molecule has 2 N–H and O–H groups in total. The number of hydrogen-bond donors (Lipinski definition) is 1. The Morgan fingerprint density at radius 3 is 2.67 bits per heavy atom. The van der Waals surface area contributed by atoms with Gasteiger partial charge in [-0.1, -0.05) is 11.6 Å². The molecule has 1 aromatic carbocycles. The van der Waals surface area contributed by atoms with Crippen LogP contribution in [0.15, 0.2) is 23.6 Å². The minimum Gasteiger partial charge on any atom is -0.399 e. The van der Waals surface area contributed by atoms with Crippen LogP contribution in [0.25, 0.3) is 11.1 Å². The van der Waals surface area contributed by atoms with Gasteiger partial charge in [0.2, 0.25) is 0 Å². The van der Waals surface area contributed by atoms with Crippen molar-refractivity contribution in [1.82, 2.24) is 0 Å². The maximum absolute atomic E-state index is 13.7. The smallest absolute Gasteiger partial charge is 0.149 e. The summed E-state index contributed by atoms with van der Waals surface area (Å²) in [5.74, 6) is -0.413. The number of nitrogens with two attached hydrogens (primary N) is 1. The minimum absolute atomic E-state index is 0.0638. The average molecular weight is 242 g/mol. The van der Waals surface area contributed by atoms with E-state index in [9.17, 15) is 4.39 Å². The molecule has 78 valence electrons. The van der Waals surface area contributed by atoms with Crippen molar-refractivity contribution in [3.05, 3.63) is 39.3 Å². The van der Waals surface area contributed by atoms with Gasteiger partial charge in [-0.3, -0.25) is 0 Å². The number of halogens is 2. The largest absolute Gasteiger partial charge is 0.399 e. The summed E-state index contributed by atoms with van der Waals surface area (Å²) in [7, 11) is 0. The molecule has 0 aliphatic heterocycles. The standard InChI is InChI=1S/C11H9ClFNS/c1-6-2-7(5-15-6)9-3-8(14)4-10(12)11(9)13/h2-5H,14H2,1H3. The Labute approximate surface area is 96.3 Å². The van der Waals surface area contributed by atoms with Gasteiger partial charge in [-0.15, -0.1) is 11.3 Å². The Balaban J connectivity index is 2.62. The molecule has 0 atom stereocenters. The molecule has 0 unspecified atom stereocenters. The van der Waals surface area contributed by atoms with Crippen molar-refractivity contribution in [1.29, 1.82) is 0 Å². The fourth-order valence-electron chi connectivity index (χ4n) is 1.40. The zero-order valence-electron chi connectivity index (χ0n) is 8.05. The molecule has 0 radical (unpaired) electrons. The quantitative estimate of drug-likeness (QED) is 0.748. The van der Waals surface area contributed by atoms with Crippen LogP contribution in [0, 0.1) is 12.7 Å². The normalized spacial score (nSPS) is 10.6. The van der Waals surface area contributed by atoms with Gasteiger partial charge < -0.3 is 5.73 Å². The lowest BCUT2D eigenvalue weighted by molar-refractivity contribution is 0.632. The number of hydrogen-bond acceptors (Lipinski definition) is 2. The van der Waals surface area contributed by atoms with Crippen LogP contribution < -0.4 is 5.73 Å². The molecular weight excluding hydrogens is 233 g/mol. The summed E-state index contributed by atoms with van der Waals surface area (Å²) in [4.78, 5) is 1.13. The van der Waals surface area contributed by atoms with Crippen molar-refractivity contribution in [3.63, 3.8) is 0 Å². The predicted molar refractivity (Wildman–Crippen MR) is 63.9 cm³/mol. The topological polar surface area (TPSA) is 26.0 Å². The zero-order chi connectivity index (χ0) is 11.0. The van der Waals surface area contributed by atoms with E-state index in [2.05, 4.69) is 0 Å². The molecule has 0 bridgehead atoms. The molecule has 0 aliphatic rings. The Kier molecular flexibility index (Phi) is 2.67. The van der Waals surface area contributed by atoms with Crippen LogP contribution in [-0.4, -0.2) is 0 Å². The summed E-state index contributed by atoms with van der Waals surface area (Å²) in [5.41, 5.74) is 7.38. The first-order chi connectivity index (χ1) is 7.08. The maximum atomic E-state index is 13.7. The van der Waals surface area contributed by atoms with E-state index in [1.165, 1.54) is 6.07 Å². The number of nitrogen functional groups attached to an aromatic ring is 1. The van der Waals surface area contributed by atoms with E-state index in [0.717, 1.165) is 10.4 Å². The first-order valence-corrected chi connectivity index (χ1v) is 5.63. The molecule has 15 heavy (non-hydrogen) atoms. The fourth-order valence-corrected chi connectivity index (χ4v) is 2.34. The Hall–Kier alpha value is -1.06. The molecule has 0 spiro atoms. The SMILES string of the molecule is Cc1cc(-c2cc(N)cc(Cl)c2F)cs1. The summed E-state index contributed by atoms with van der Waals surface area (Å²) in [6.07, 6.45) is 0. The lowest BCUT2D eigenvalue weighted by atomic mass is 10.1. The van der Waals surface area contributed by atoms with Crippen molar-refractivity contribution < 1.29 is 4.39 Å². The molecule has 1 heterocycles. The lowest BCUT2D eigenvalue weighted by Gasteiger charge is -2.04. The zero-order valence-corrected chi connectivity index (χ0v) is 9.62. The van der Waals surface area contributed by atoms with Crippen LogP contribution in [0.5, 0.6) is 0 Å². The number of rotatable bonds is 1. The minimum atomic E-state index is -0.413. The molecule has 4 heteroatoms. The van der Waals surface area contributed by atoms with Gasteiger partial charge in [0, 0.05) is 16.1 Å². The first-order valence-electron chi connectivity index (χ1n) is 4.38. The number of aryl methyl sites for hydroxylation is 1. The second-order valence-corrected chi connectivity index (χ2v) is 4.83. The Bertz CT molecular complexity index is 507. The third-order valence-corrected chi connectivity index (χ3v) is 3.23. The molecule has 1 nitrogen and oxygen atoms in total. The van der Waals surface area contributed by atoms with Crippen LogP contribution in [0.2, 0.25) is 5.02 Å². The van der Waals surface area contributed by atoms with E-state index in [4.69, 9.17) is 17.3 Å². The van der Waals surface area contributed by atoms with Crippen molar-refractivity contribution >= 4 is 28.6 Å². The second kappa shape index (κ2) is 3.83. The number of thiophene rings is 1. The maximum Gasteiger partial charge on any atom is 0.149 e. The van der Waals surface area contributed by atoms with Crippen LogP contribution in [0.3, 0.4) is 0 Å². The van der Waals surface area contributed by atoms with Crippen molar-refractivity contribution in [2.24, 2.45) is 0 Å². The van der Waals surface area contributed by atoms with Gasteiger partial charge in [-0.05, 0) is 36.1 Å². The molecule has 0 fully saturated rings. The highest BCUT2D eigenvalue weighted by Gasteiger charge is 2.11. The van der Waals surface area contributed by atoms with Gasteiger partial charge in [0.15, 0.2) is 0 Å². The van der Waals surface area contributed by atoms with Gasteiger partial charge in [-0.25, -0.2) is 4.39 Å². The number of anilines is 1. The van der Waals surface area contributed by atoms with Crippen molar-refractivity contribution in [3.8, 4) is 11.1 Å². The summed E-state index contributed by atoms with van der Waals surface area (Å²) in [5, 5.41) is 1.96. The van der Waals surface area contributed by atoms with E-state index in [0.29, 0.717) is 11.3 Å². The molecule has 0 saturated carbocycles. The van der Waals surface area contributed by atoms with Crippen LogP contribution >= 0.6 is 22.9 Å². The van der Waals surface area contributed by atoms with E-state index < -0.39 is 5.82 Å². The van der Waals surface area contributed by atoms with Gasteiger partial charge >= 0.3 is 0 Å².